The molecule has 3 aromatic rings. The number of rotatable bonds is 9. The van der Waals surface area contributed by atoms with Crippen molar-refractivity contribution in [1.82, 2.24) is 0 Å². The predicted octanol–water partition coefficient (Wildman–Crippen LogP) is 3.35. The summed E-state index contributed by atoms with van der Waals surface area (Å²) in [5.41, 5.74) is 0. The van der Waals surface area contributed by atoms with Gasteiger partial charge < -0.3 is 18.9 Å². The van der Waals surface area contributed by atoms with E-state index in [-0.39, 0.29) is 18.5 Å². The number of benzene rings is 3. The van der Waals surface area contributed by atoms with Crippen LogP contribution < -0.4 is 15.9 Å². The molecule has 4 rings (SSSR count). The minimum absolute atomic E-state index is 0.0111. The molecule has 1 heterocycles. The summed E-state index contributed by atoms with van der Waals surface area (Å²) in [5, 5.41) is 2.09. The van der Waals surface area contributed by atoms with E-state index < -0.39 is 48.4 Å². The Labute approximate surface area is 239 Å². The van der Waals surface area contributed by atoms with E-state index in [4.69, 9.17) is 18.9 Å². The van der Waals surface area contributed by atoms with E-state index in [1.54, 1.807) is 13.8 Å². The summed E-state index contributed by atoms with van der Waals surface area (Å²) in [5.74, 6) is -8.76. The number of carbonyl (C=O) groups is 4. The van der Waals surface area contributed by atoms with E-state index in [0.717, 1.165) is 0 Å². The highest BCUT2D eigenvalue weighted by Crippen LogP contribution is 2.49. The van der Waals surface area contributed by atoms with Gasteiger partial charge in [0, 0.05) is 13.8 Å². The zero-order valence-corrected chi connectivity index (χ0v) is 24.3. The van der Waals surface area contributed by atoms with Crippen molar-refractivity contribution in [1.29, 1.82) is 0 Å². The maximum absolute atomic E-state index is 14.3. The number of cyclic esters (lactones) is 2. The molecule has 1 unspecified atom stereocenters. The van der Waals surface area contributed by atoms with Crippen LogP contribution in [-0.2, 0) is 38.1 Å². The molecule has 1 saturated heterocycles. The summed E-state index contributed by atoms with van der Waals surface area (Å²) in [7, 11) is 0. The largest absolute Gasteiger partial charge is 0.465 e. The minimum Gasteiger partial charge on any atom is -0.465 e. The Morgan fingerprint density at radius 1 is 0.732 bits per heavy atom. The highest BCUT2D eigenvalue weighted by Gasteiger charge is 2.55. The number of carbonyl (C=O) groups excluding carboxylic acids is 4. The van der Waals surface area contributed by atoms with Crippen LogP contribution in [0.25, 0.3) is 0 Å². The van der Waals surface area contributed by atoms with Gasteiger partial charge in [-0.25, -0.2) is 4.79 Å². The van der Waals surface area contributed by atoms with Gasteiger partial charge >= 0.3 is 23.9 Å². The average Bonchev–Trinajstić information content (AvgIpc) is 2.95. The summed E-state index contributed by atoms with van der Waals surface area (Å²) in [6.07, 6.45) is 0. The SMILES string of the molecule is CCOC(=O)C(C(C(=O)OCC)C1C(=O)OC(C)(C)OC1=O)=P(c1ccccc1)(c1ccccc1)c1ccccc1. The summed E-state index contributed by atoms with van der Waals surface area (Å²) in [6.45, 7) is 2.72. The standard InChI is InChI=1S/C32H33O8P/c1-5-37-28(33)25(26-29(34)39-32(3,4)40-30(26)35)27(31(36)38-6-2)41(22-16-10-7-11-17-22,23-18-12-8-13-19-23)24-20-14-9-15-21-24/h7-21,25-26H,5-6H2,1-4H3. The molecule has 0 N–H and O–H groups in total. The number of hydrogen-bond donors (Lipinski definition) is 0. The molecule has 1 aliphatic heterocycles. The van der Waals surface area contributed by atoms with E-state index in [2.05, 4.69) is 0 Å². The molecule has 0 radical (unpaired) electrons. The quantitative estimate of drug-likeness (QED) is 0.165. The van der Waals surface area contributed by atoms with E-state index in [9.17, 15) is 19.2 Å². The molecule has 8 nitrogen and oxygen atoms in total. The van der Waals surface area contributed by atoms with Crippen LogP contribution in [0.1, 0.15) is 27.7 Å². The molecular weight excluding hydrogens is 543 g/mol. The van der Waals surface area contributed by atoms with E-state index in [0.29, 0.717) is 15.9 Å². The highest BCUT2D eigenvalue weighted by molar-refractivity contribution is 7.96. The second kappa shape index (κ2) is 12.6. The van der Waals surface area contributed by atoms with Gasteiger partial charge in [0.25, 0.3) is 5.79 Å². The topological polar surface area (TPSA) is 105 Å². The zero-order chi connectivity index (χ0) is 29.6. The van der Waals surface area contributed by atoms with Crippen LogP contribution in [-0.4, -0.2) is 48.2 Å². The van der Waals surface area contributed by atoms with Gasteiger partial charge in [-0.15, -0.1) is 0 Å². The monoisotopic (exact) mass is 576 g/mol. The fourth-order valence-electron chi connectivity index (χ4n) is 5.14. The van der Waals surface area contributed by atoms with Crippen molar-refractivity contribution in [2.24, 2.45) is 11.8 Å². The van der Waals surface area contributed by atoms with Crippen molar-refractivity contribution in [3.8, 4) is 0 Å². The van der Waals surface area contributed by atoms with Crippen molar-refractivity contribution in [2.75, 3.05) is 13.2 Å². The third-order valence-corrected chi connectivity index (χ3v) is 11.0. The number of ether oxygens (including phenoxy) is 4. The normalized spacial score (nSPS) is 15.7. The number of esters is 4. The molecule has 1 atom stereocenters. The van der Waals surface area contributed by atoms with Crippen molar-refractivity contribution in [2.45, 2.75) is 33.5 Å². The van der Waals surface area contributed by atoms with Crippen LogP contribution in [0.15, 0.2) is 91.0 Å². The second-order valence-electron chi connectivity index (χ2n) is 9.73. The van der Waals surface area contributed by atoms with Crippen molar-refractivity contribution >= 4 is 52.0 Å². The molecule has 0 saturated carbocycles. The molecule has 214 valence electrons. The molecule has 0 bridgehead atoms. The Morgan fingerprint density at radius 3 is 1.49 bits per heavy atom. The van der Waals surface area contributed by atoms with Crippen LogP contribution in [0, 0.1) is 11.8 Å². The van der Waals surface area contributed by atoms with Crippen molar-refractivity contribution in [3.63, 3.8) is 0 Å². The fourth-order valence-corrected chi connectivity index (χ4v) is 9.73. The fraction of sp³-hybridized carbons (Fsp3) is 0.281. The van der Waals surface area contributed by atoms with Gasteiger partial charge in [-0.2, -0.15) is 0 Å². The van der Waals surface area contributed by atoms with Crippen LogP contribution in [0.2, 0.25) is 0 Å². The third-order valence-electron chi connectivity index (χ3n) is 6.65. The zero-order valence-electron chi connectivity index (χ0n) is 23.4. The van der Waals surface area contributed by atoms with Crippen molar-refractivity contribution in [3.05, 3.63) is 91.0 Å². The molecule has 0 amide bonds. The summed E-state index contributed by atoms with van der Waals surface area (Å²) in [6, 6.07) is 27.8. The summed E-state index contributed by atoms with van der Waals surface area (Å²) in [4.78, 5) is 55.3. The van der Waals surface area contributed by atoms with Gasteiger partial charge in [0.15, 0.2) is 5.92 Å². The predicted molar refractivity (Wildman–Crippen MR) is 157 cm³/mol. The first-order valence-electron chi connectivity index (χ1n) is 13.4. The van der Waals surface area contributed by atoms with Crippen molar-refractivity contribution < 1.29 is 38.1 Å². The second-order valence-corrected chi connectivity index (χ2v) is 13.1. The van der Waals surface area contributed by atoms with Gasteiger partial charge in [0.2, 0.25) is 0 Å². The molecule has 0 aliphatic carbocycles. The Balaban J connectivity index is 2.27. The van der Waals surface area contributed by atoms with E-state index in [1.807, 2.05) is 91.0 Å². The van der Waals surface area contributed by atoms with Crippen LogP contribution in [0.4, 0.5) is 0 Å². The van der Waals surface area contributed by atoms with Crippen LogP contribution in [0.3, 0.4) is 0 Å². The Kier molecular flexibility index (Phi) is 9.14. The molecule has 9 heteroatoms. The molecule has 41 heavy (non-hydrogen) atoms. The lowest BCUT2D eigenvalue weighted by Crippen LogP contribution is -2.54. The van der Waals surface area contributed by atoms with Gasteiger partial charge in [-0.05, 0) is 36.6 Å². The summed E-state index contributed by atoms with van der Waals surface area (Å²) >= 11 is 0. The highest BCUT2D eigenvalue weighted by atomic mass is 31.2. The molecular formula is C32H33O8P. The maximum atomic E-state index is 14.3. The first-order chi connectivity index (χ1) is 19.7. The molecule has 3 aromatic carbocycles. The average molecular weight is 577 g/mol. The lowest BCUT2D eigenvalue weighted by Gasteiger charge is -2.38. The van der Waals surface area contributed by atoms with Gasteiger partial charge in [-0.3, -0.25) is 14.4 Å². The molecule has 0 spiro atoms. The maximum Gasteiger partial charge on any atom is 0.335 e. The Bertz CT molecular complexity index is 1340. The lowest BCUT2D eigenvalue weighted by atomic mass is 9.88. The smallest absolute Gasteiger partial charge is 0.335 e. The van der Waals surface area contributed by atoms with Gasteiger partial charge in [-0.1, -0.05) is 91.0 Å². The Morgan fingerprint density at radius 2 is 1.12 bits per heavy atom. The van der Waals surface area contributed by atoms with Crippen LogP contribution >= 0.6 is 6.89 Å². The first kappa shape index (κ1) is 29.8. The van der Waals surface area contributed by atoms with E-state index in [1.165, 1.54) is 13.8 Å². The lowest BCUT2D eigenvalue weighted by molar-refractivity contribution is -0.242. The molecule has 1 fully saturated rings. The van der Waals surface area contributed by atoms with Gasteiger partial charge in [0.1, 0.15) is 5.92 Å². The van der Waals surface area contributed by atoms with Crippen LogP contribution in [0.5, 0.6) is 0 Å². The molecule has 1 aliphatic rings. The van der Waals surface area contributed by atoms with E-state index >= 15 is 0 Å². The Hall–Kier alpha value is -4.16. The minimum atomic E-state index is -3.31. The third kappa shape index (κ3) is 5.84. The molecule has 0 aromatic heterocycles. The first-order valence-corrected chi connectivity index (χ1v) is 15.2. The number of hydrogen-bond acceptors (Lipinski definition) is 8. The van der Waals surface area contributed by atoms with Gasteiger partial charge in [0.05, 0.1) is 18.5 Å². The summed E-state index contributed by atoms with van der Waals surface area (Å²) < 4.78 is 22.0.